The van der Waals surface area contributed by atoms with Gasteiger partial charge in [0.25, 0.3) is 0 Å². The number of fused-ring (bicyclic) bond motifs is 1. The molecule has 4 heteroatoms. The fourth-order valence-corrected chi connectivity index (χ4v) is 2.68. The van der Waals surface area contributed by atoms with E-state index in [1.165, 1.54) is 0 Å². The summed E-state index contributed by atoms with van der Waals surface area (Å²) >= 11 is 0. The standard InChI is InChI=1S/C15H23NO3/c1-14(17,7-8-18-2)15(10-16)9-12-5-3-4-6-13(12)19-11-15/h3-6,17H,7-11,16H2,1-2H3. The van der Waals surface area contributed by atoms with E-state index < -0.39 is 11.0 Å². The molecule has 1 aliphatic rings. The van der Waals surface area contributed by atoms with Crippen molar-refractivity contribution in [2.24, 2.45) is 11.1 Å². The normalized spacial score (nSPS) is 25.3. The van der Waals surface area contributed by atoms with Crippen LogP contribution in [0.25, 0.3) is 0 Å². The first-order valence-electron chi connectivity index (χ1n) is 6.67. The van der Waals surface area contributed by atoms with Gasteiger partial charge >= 0.3 is 0 Å². The van der Waals surface area contributed by atoms with Gasteiger partial charge in [-0.3, -0.25) is 0 Å². The van der Waals surface area contributed by atoms with Gasteiger partial charge in [0.15, 0.2) is 0 Å². The van der Waals surface area contributed by atoms with Crippen molar-refractivity contribution in [3.63, 3.8) is 0 Å². The minimum atomic E-state index is -0.911. The molecule has 0 saturated heterocycles. The van der Waals surface area contributed by atoms with Gasteiger partial charge in [-0.05, 0) is 31.4 Å². The highest BCUT2D eigenvalue weighted by Crippen LogP contribution is 2.42. The first kappa shape index (κ1) is 14.3. The minimum Gasteiger partial charge on any atom is -0.493 e. The molecule has 0 amide bonds. The molecule has 1 aromatic rings. The number of benzene rings is 1. The summed E-state index contributed by atoms with van der Waals surface area (Å²) < 4.78 is 10.9. The molecule has 0 bridgehead atoms. The first-order chi connectivity index (χ1) is 9.04. The van der Waals surface area contributed by atoms with Crippen LogP contribution in [0.5, 0.6) is 5.75 Å². The number of nitrogens with two attached hydrogens (primary N) is 1. The van der Waals surface area contributed by atoms with Crippen LogP contribution in [0.15, 0.2) is 24.3 Å². The molecular weight excluding hydrogens is 242 g/mol. The number of aliphatic hydroxyl groups is 1. The molecule has 4 nitrogen and oxygen atoms in total. The Labute approximate surface area is 114 Å². The van der Waals surface area contributed by atoms with Gasteiger partial charge in [0.05, 0.1) is 12.2 Å². The predicted octanol–water partition coefficient (Wildman–Crippen LogP) is 1.35. The molecule has 0 aliphatic carbocycles. The average molecular weight is 265 g/mol. The molecule has 2 atom stereocenters. The first-order valence-corrected chi connectivity index (χ1v) is 6.67. The Morgan fingerprint density at radius 2 is 2.21 bits per heavy atom. The van der Waals surface area contributed by atoms with E-state index in [0.717, 1.165) is 17.7 Å². The van der Waals surface area contributed by atoms with Gasteiger partial charge in [-0.25, -0.2) is 0 Å². The smallest absolute Gasteiger partial charge is 0.122 e. The Balaban J connectivity index is 2.26. The zero-order valence-corrected chi connectivity index (χ0v) is 11.7. The lowest BCUT2D eigenvalue weighted by Crippen LogP contribution is -2.57. The molecule has 106 valence electrons. The largest absolute Gasteiger partial charge is 0.493 e. The van der Waals surface area contributed by atoms with Crippen molar-refractivity contribution in [3.05, 3.63) is 29.8 Å². The lowest BCUT2D eigenvalue weighted by molar-refractivity contribution is -0.107. The van der Waals surface area contributed by atoms with E-state index in [1.807, 2.05) is 31.2 Å². The van der Waals surface area contributed by atoms with Gasteiger partial charge in [0.2, 0.25) is 0 Å². The van der Waals surface area contributed by atoms with Gasteiger partial charge < -0.3 is 20.3 Å². The van der Waals surface area contributed by atoms with E-state index in [4.69, 9.17) is 15.2 Å². The van der Waals surface area contributed by atoms with Crippen molar-refractivity contribution >= 4 is 0 Å². The van der Waals surface area contributed by atoms with Crippen LogP contribution in [0, 0.1) is 5.41 Å². The van der Waals surface area contributed by atoms with Crippen molar-refractivity contribution in [1.29, 1.82) is 0 Å². The molecule has 0 aromatic heterocycles. The van der Waals surface area contributed by atoms with Gasteiger partial charge in [-0.2, -0.15) is 0 Å². The summed E-state index contributed by atoms with van der Waals surface area (Å²) in [6.07, 6.45) is 1.28. The highest BCUT2D eigenvalue weighted by atomic mass is 16.5. The van der Waals surface area contributed by atoms with Gasteiger partial charge in [0, 0.05) is 25.7 Å². The summed E-state index contributed by atoms with van der Waals surface area (Å²) in [7, 11) is 1.64. The maximum atomic E-state index is 10.8. The molecule has 1 aromatic carbocycles. The topological polar surface area (TPSA) is 64.7 Å². The second-order valence-electron chi connectivity index (χ2n) is 5.57. The molecule has 0 radical (unpaired) electrons. The Morgan fingerprint density at radius 3 is 2.89 bits per heavy atom. The summed E-state index contributed by atoms with van der Waals surface area (Å²) in [6, 6.07) is 7.93. The number of rotatable bonds is 5. The third-order valence-corrected chi connectivity index (χ3v) is 4.33. The second-order valence-corrected chi connectivity index (χ2v) is 5.57. The quantitative estimate of drug-likeness (QED) is 0.843. The van der Waals surface area contributed by atoms with Crippen LogP contribution in [0.3, 0.4) is 0 Å². The fourth-order valence-electron chi connectivity index (χ4n) is 2.68. The third-order valence-electron chi connectivity index (χ3n) is 4.33. The zero-order valence-electron chi connectivity index (χ0n) is 11.7. The van der Waals surface area contributed by atoms with Crippen LogP contribution < -0.4 is 10.5 Å². The van der Waals surface area contributed by atoms with Crippen LogP contribution in [-0.2, 0) is 11.2 Å². The monoisotopic (exact) mass is 265 g/mol. The van der Waals surface area contributed by atoms with Crippen molar-refractivity contribution < 1.29 is 14.6 Å². The lowest BCUT2D eigenvalue weighted by atomic mass is 9.67. The van der Waals surface area contributed by atoms with E-state index >= 15 is 0 Å². The Kier molecular flexibility index (Phi) is 4.13. The summed E-state index contributed by atoms with van der Waals surface area (Å²) in [4.78, 5) is 0. The van der Waals surface area contributed by atoms with E-state index in [0.29, 0.717) is 26.2 Å². The van der Waals surface area contributed by atoms with Crippen molar-refractivity contribution in [1.82, 2.24) is 0 Å². The van der Waals surface area contributed by atoms with Crippen LogP contribution in [0.4, 0.5) is 0 Å². The average Bonchev–Trinajstić information content (AvgIpc) is 2.44. The highest BCUT2D eigenvalue weighted by molar-refractivity contribution is 5.37. The summed E-state index contributed by atoms with van der Waals surface area (Å²) in [5, 5.41) is 10.8. The van der Waals surface area contributed by atoms with Crippen molar-refractivity contribution in [2.45, 2.75) is 25.4 Å². The van der Waals surface area contributed by atoms with Gasteiger partial charge in [-0.1, -0.05) is 18.2 Å². The molecule has 1 aliphatic heterocycles. The molecular formula is C15H23NO3. The van der Waals surface area contributed by atoms with E-state index in [9.17, 15) is 5.11 Å². The van der Waals surface area contributed by atoms with Crippen molar-refractivity contribution in [3.8, 4) is 5.75 Å². The molecule has 19 heavy (non-hydrogen) atoms. The van der Waals surface area contributed by atoms with Gasteiger partial charge in [0.1, 0.15) is 5.75 Å². The zero-order chi connectivity index (χ0) is 13.9. The van der Waals surface area contributed by atoms with E-state index in [-0.39, 0.29) is 0 Å². The molecule has 3 N–H and O–H groups in total. The molecule has 0 saturated carbocycles. The molecule has 1 heterocycles. The number of methoxy groups -OCH3 is 1. The number of hydrogen-bond acceptors (Lipinski definition) is 4. The number of para-hydroxylation sites is 1. The Hall–Kier alpha value is -1.10. The number of hydrogen-bond donors (Lipinski definition) is 2. The predicted molar refractivity (Wildman–Crippen MR) is 74.2 cm³/mol. The number of ether oxygens (including phenoxy) is 2. The van der Waals surface area contributed by atoms with Crippen LogP contribution in [0.2, 0.25) is 0 Å². The van der Waals surface area contributed by atoms with Crippen molar-refractivity contribution in [2.75, 3.05) is 26.9 Å². The Morgan fingerprint density at radius 1 is 1.47 bits per heavy atom. The van der Waals surface area contributed by atoms with E-state index in [1.54, 1.807) is 7.11 Å². The summed E-state index contributed by atoms with van der Waals surface area (Å²) in [5.74, 6) is 0.897. The SMILES string of the molecule is COCCC(C)(O)C1(CN)COc2ccccc2C1. The second kappa shape index (κ2) is 5.49. The highest BCUT2D eigenvalue weighted by Gasteiger charge is 2.48. The lowest BCUT2D eigenvalue weighted by Gasteiger charge is -2.47. The van der Waals surface area contributed by atoms with Gasteiger partial charge in [-0.15, -0.1) is 0 Å². The molecule has 2 unspecified atom stereocenters. The third kappa shape index (κ3) is 2.61. The maximum absolute atomic E-state index is 10.8. The van der Waals surface area contributed by atoms with Crippen LogP contribution in [0.1, 0.15) is 18.9 Å². The van der Waals surface area contributed by atoms with E-state index in [2.05, 4.69) is 0 Å². The maximum Gasteiger partial charge on any atom is 0.122 e. The fraction of sp³-hybridized carbons (Fsp3) is 0.600. The molecule has 0 spiro atoms. The summed E-state index contributed by atoms with van der Waals surface area (Å²) in [6.45, 7) is 3.17. The minimum absolute atomic E-state index is 0.387. The molecule has 2 rings (SSSR count). The van der Waals surface area contributed by atoms with Crippen LogP contribution >= 0.6 is 0 Å². The van der Waals surface area contributed by atoms with Crippen LogP contribution in [-0.4, -0.2) is 37.6 Å². The molecule has 0 fully saturated rings. The Bertz CT molecular complexity index is 433. The summed E-state index contributed by atoms with van der Waals surface area (Å²) in [5.41, 5.74) is 5.71.